The molecule has 29 heavy (non-hydrogen) atoms. The lowest BCUT2D eigenvalue weighted by molar-refractivity contribution is 0.0655. The van der Waals surface area contributed by atoms with Gasteiger partial charge in [-0.1, -0.05) is 16.8 Å². The zero-order valence-electron chi connectivity index (χ0n) is 15.7. The van der Waals surface area contributed by atoms with Crippen LogP contribution in [0.25, 0.3) is 11.3 Å². The number of hydrogen-bond donors (Lipinski definition) is 0. The lowest BCUT2D eigenvalue weighted by Crippen LogP contribution is -2.40. The summed E-state index contributed by atoms with van der Waals surface area (Å²) < 4.78 is 34.9. The van der Waals surface area contributed by atoms with Gasteiger partial charge < -0.3 is 13.8 Å². The summed E-state index contributed by atoms with van der Waals surface area (Å²) in [6.07, 6.45) is 0.385. The molecule has 0 bridgehead atoms. The van der Waals surface area contributed by atoms with E-state index in [0.717, 1.165) is 11.3 Å². The molecule has 0 spiro atoms. The number of carbonyl (C=O) groups excluding carboxylic acids is 1. The van der Waals surface area contributed by atoms with Crippen LogP contribution in [0.5, 0.6) is 0 Å². The van der Waals surface area contributed by atoms with E-state index >= 15 is 0 Å². The molecule has 1 aliphatic rings. The predicted molar refractivity (Wildman–Crippen MR) is 107 cm³/mol. The Morgan fingerprint density at radius 3 is 2.62 bits per heavy atom. The van der Waals surface area contributed by atoms with Crippen molar-refractivity contribution in [3.63, 3.8) is 0 Å². The highest BCUT2D eigenvalue weighted by atomic mass is 35.5. The summed E-state index contributed by atoms with van der Waals surface area (Å²) in [5, 5.41) is 4.50. The Balaban J connectivity index is 1.61. The van der Waals surface area contributed by atoms with Crippen molar-refractivity contribution in [2.75, 3.05) is 11.5 Å². The number of carbonyl (C=O) groups is 1. The third-order valence-corrected chi connectivity index (χ3v) is 6.89. The summed E-state index contributed by atoms with van der Waals surface area (Å²) >= 11 is 5.91. The number of rotatable bonds is 5. The second-order valence-electron chi connectivity index (χ2n) is 7.09. The van der Waals surface area contributed by atoms with E-state index < -0.39 is 21.8 Å². The highest BCUT2D eigenvalue weighted by Gasteiger charge is 2.36. The van der Waals surface area contributed by atoms with Crippen LogP contribution in [0.1, 0.15) is 28.4 Å². The molecule has 2 aromatic heterocycles. The van der Waals surface area contributed by atoms with Crippen LogP contribution in [0.2, 0.25) is 5.02 Å². The first-order valence-corrected chi connectivity index (χ1v) is 11.3. The third kappa shape index (κ3) is 4.38. The van der Waals surface area contributed by atoms with E-state index in [1.165, 1.54) is 4.90 Å². The van der Waals surface area contributed by atoms with Crippen molar-refractivity contribution >= 4 is 27.3 Å². The number of furan rings is 1. The summed E-state index contributed by atoms with van der Waals surface area (Å²) in [6, 6.07) is 11.7. The predicted octanol–water partition coefficient (Wildman–Crippen LogP) is 3.73. The minimum Gasteiger partial charge on any atom is -0.464 e. The molecule has 3 aromatic rings. The van der Waals surface area contributed by atoms with E-state index in [2.05, 4.69) is 5.16 Å². The second-order valence-corrected chi connectivity index (χ2v) is 9.75. The van der Waals surface area contributed by atoms with Gasteiger partial charge in [0.2, 0.25) is 0 Å². The maximum absolute atomic E-state index is 13.2. The highest BCUT2D eigenvalue weighted by Crippen LogP contribution is 2.26. The average Bonchev–Trinajstić information content (AvgIpc) is 3.40. The number of sulfone groups is 1. The van der Waals surface area contributed by atoms with Crippen molar-refractivity contribution in [2.45, 2.75) is 25.9 Å². The molecule has 0 N–H and O–H groups in total. The van der Waals surface area contributed by atoms with E-state index in [0.29, 0.717) is 23.0 Å². The molecular weight excluding hydrogens is 416 g/mol. The molecule has 7 nitrogen and oxygen atoms in total. The van der Waals surface area contributed by atoms with Gasteiger partial charge >= 0.3 is 0 Å². The van der Waals surface area contributed by atoms with E-state index in [4.69, 9.17) is 20.5 Å². The first kappa shape index (κ1) is 19.7. The van der Waals surface area contributed by atoms with Crippen LogP contribution in [0.15, 0.2) is 51.4 Å². The molecular formula is C20H19ClN2O5S. The smallest absolute Gasteiger partial charge is 0.276 e. The van der Waals surface area contributed by atoms with Crippen molar-refractivity contribution in [2.24, 2.45) is 0 Å². The minimum atomic E-state index is -3.17. The van der Waals surface area contributed by atoms with Gasteiger partial charge in [0, 0.05) is 22.7 Å². The van der Waals surface area contributed by atoms with E-state index in [9.17, 15) is 13.2 Å². The molecule has 0 radical (unpaired) electrons. The summed E-state index contributed by atoms with van der Waals surface area (Å²) in [7, 11) is -3.17. The maximum atomic E-state index is 13.2. The molecule has 3 heterocycles. The molecule has 0 aliphatic carbocycles. The van der Waals surface area contributed by atoms with Crippen LogP contribution in [-0.4, -0.2) is 41.9 Å². The number of nitrogens with zero attached hydrogens (tertiary/aromatic N) is 2. The zero-order chi connectivity index (χ0) is 20.6. The molecule has 0 saturated carbocycles. The van der Waals surface area contributed by atoms with E-state index in [1.807, 2.05) is 6.92 Å². The Bertz CT molecular complexity index is 1130. The van der Waals surface area contributed by atoms with Crippen LogP contribution in [0, 0.1) is 6.92 Å². The Labute approximate surface area is 173 Å². The second kappa shape index (κ2) is 7.68. The van der Waals surface area contributed by atoms with Gasteiger partial charge in [-0.3, -0.25) is 4.79 Å². The lowest BCUT2D eigenvalue weighted by Gasteiger charge is -2.26. The fourth-order valence-electron chi connectivity index (χ4n) is 3.40. The first-order valence-electron chi connectivity index (χ1n) is 9.10. The van der Waals surface area contributed by atoms with Crippen molar-refractivity contribution in [1.82, 2.24) is 10.1 Å². The number of benzene rings is 1. The van der Waals surface area contributed by atoms with Gasteiger partial charge in [0.05, 0.1) is 18.1 Å². The Morgan fingerprint density at radius 2 is 2.00 bits per heavy atom. The van der Waals surface area contributed by atoms with Crippen molar-refractivity contribution < 1.29 is 22.2 Å². The lowest BCUT2D eigenvalue weighted by atomic mass is 10.1. The molecule has 1 fully saturated rings. The molecule has 0 unspecified atom stereocenters. The fraction of sp³-hybridized carbons (Fsp3) is 0.300. The summed E-state index contributed by atoms with van der Waals surface area (Å²) in [4.78, 5) is 14.7. The monoisotopic (exact) mass is 434 g/mol. The topological polar surface area (TPSA) is 93.6 Å². The largest absolute Gasteiger partial charge is 0.464 e. The normalized spacial score (nSPS) is 18.1. The van der Waals surface area contributed by atoms with Crippen LogP contribution < -0.4 is 0 Å². The molecule has 152 valence electrons. The summed E-state index contributed by atoms with van der Waals surface area (Å²) in [5.74, 6) is 1.33. The van der Waals surface area contributed by atoms with Crippen molar-refractivity contribution in [1.29, 1.82) is 0 Å². The molecule has 1 saturated heterocycles. The molecule has 9 heteroatoms. The number of amides is 1. The molecule has 1 amide bonds. The standard InChI is InChI=1S/C20H19ClN2O5S/c1-13-2-7-17(27-13)11-23(16-8-9-29(25,26)12-16)20(24)18-10-19(28-22-18)14-3-5-15(21)6-4-14/h2-7,10,16H,8-9,11-12H2,1H3/t16-/m0/s1. The number of aryl methyl sites for hydroxylation is 1. The minimum absolute atomic E-state index is 0.0630. The van der Waals surface area contributed by atoms with Gasteiger partial charge in [0.1, 0.15) is 11.5 Å². The van der Waals surface area contributed by atoms with E-state index in [-0.39, 0.29) is 23.7 Å². The number of halogens is 1. The number of aromatic nitrogens is 1. The Hall–Kier alpha value is -2.58. The van der Waals surface area contributed by atoms with Crippen LogP contribution in [-0.2, 0) is 16.4 Å². The Morgan fingerprint density at radius 1 is 1.24 bits per heavy atom. The molecule has 1 aliphatic heterocycles. The van der Waals surface area contributed by atoms with Gasteiger partial charge in [0.25, 0.3) is 5.91 Å². The fourth-order valence-corrected chi connectivity index (χ4v) is 5.26. The van der Waals surface area contributed by atoms with Gasteiger partial charge in [-0.05, 0) is 49.7 Å². The summed E-state index contributed by atoms with van der Waals surface area (Å²) in [5.41, 5.74) is 0.847. The van der Waals surface area contributed by atoms with Crippen molar-refractivity contribution in [3.8, 4) is 11.3 Å². The van der Waals surface area contributed by atoms with Crippen LogP contribution in [0.3, 0.4) is 0 Å². The zero-order valence-corrected chi connectivity index (χ0v) is 17.2. The van der Waals surface area contributed by atoms with Crippen LogP contribution >= 0.6 is 11.6 Å². The summed E-state index contributed by atoms with van der Waals surface area (Å²) in [6.45, 7) is 1.97. The maximum Gasteiger partial charge on any atom is 0.276 e. The first-order chi connectivity index (χ1) is 13.8. The molecule has 1 aromatic carbocycles. The third-order valence-electron chi connectivity index (χ3n) is 4.89. The van der Waals surface area contributed by atoms with Gasteiger partial charge in [-0.25, -0.2) is 8.42 Å². The van der Waals surface area contributed by atoms with Gasteiger partial charge in [-0.2, -0.15) is 0 Å². The Kier molecular flexibility index (Phi) is 5.23. The van der Waals surface area contributed by atoms with Gasteiger partial charge in [-0.15, -0.1) is 0 Å². The molecule has 4 rings (SSSR count). The quantitative estimate of drug-likeness (QED) is 0.607. The SMILES string of the molecule is Cc1ccc(CN(C(=O)c2cc(-c3ccc(Cl)cc3)on2)[C@H]2CCS(=O)(=O)C2)o1. The van der Waals surface area contributed by atoms with Crippen LogP contribution in [0.4, 0.5) is 0 Å². The average molecular weight is 435 g/mol. The van der Waals surface area contributed by atoms with Gasteiger partial charge in [0.15, 0.2) is 21.3 Å². The van der Waals surface area contributed by atoms with Crippen molar-refractivity contribution in [3.05, 3.63) is 64.7 Å². The molecule has 1 atom stereocenters. The highest BCUT2D eigenvalue weighted by molar-refractivity contribution is 7.91. The number of hydrogen-bond acceptors (Lipinski definition) is 6. The van der Waals surface area contributed by atoms with E-state index in [1.54, 1.807) is 42.5 Å².